The molecule has 2 aromatic carbocycles. The lowest BCUT2D eigenvalue weighted by molar-refractivity contribution is -0.142. The minimum Gasteiger partial charge on any atom is -0.489 e. The van der Waals surface area contributed by atoms with E-state index in [9.17, 15) is 22.8 Å². The number of benzene rings is 2. The normalized spacial score (nSPS) is 11.1. The van der Waals surface area contributed by atoms with Gasteiger partial charge in [-0.2, -0.15) is 13.2 Å². The average Bonchev–Trinajstić information content (AvgIpc) is 2.67. The highest BCUT2D eigenvalue weighted by Crippen LogP contribution is 2.31. The first-order valence-electron chi connectivity index (χ1n) is 8.99. The summed E-state index contributed by atoms with van der Waals surface area (Å²) in [4.78, 5) is 23.6. The summed E-state index contributed by atoms with van der Waals surface area (Å²) in [5.41, 5.74) is -0.127. The molecule has 0 unspecified atom stereocenters. The zero-order chi connectivity index (χ0) is 21.4. The molecular formula is C21H21F3O5. The van der Waals surface area contributed by atoms with Crippen molar-refractivity contribution in [3.05, 3.63) is 64.7 Å². The molecule has 0 aliphatic heterocycles. The number of hydrogen-bond donors (Lipinski definition) is 0. The summed E-state index contributed by atoms with van der Waals surface area (Å²) >= 11 is 0. The Morgan fingerprint density at radius 1 is 0.931 bits per heavy atom. The highest BCUT2D eigenvalue weighted by molar-refractivity contribution is 5.91. The molecule has 0 aromatic heterocycles. The summed E-state index contributed by atoms with van der Waals surface area (Å²) in [5.74, 6) is -0.751. The van der Waals surface area contributed by atoms with Crippen molar-refractivity contribution in [1.29, 1.82) is 0 Å². The third-order valence-corrected chi connectivity index (χ3v) is 3.90. The van der Waals surface area contributed by atoms with Crippen LogP contribution in [0, 0.1) is 0 Å². The Balaban J connectivity index is 2.13. The topological polar surface area (TPSA) is 61.8 Å². The van der Waals surface area contributed by atoms with Crippen LogP contribution in [0.15, 0.2) is 42.5 Å². The molecule has 2 aromatic rings. The van der Waals surface area contributed by atoms with Gasteiger partial charge in [-0.25, -0.2) is 4.79 Å². The van der Waals surface area contributed by atoms with Crippen molar-refractivity contribution in [2.45, 2.75) is 33.1 Å². The number of esters is 2. The molecule has 0 saturated carbocycles. The number of ether oxygens (including phenoxy) is 3. The maximum absolute atomic E-state index is 13.0. The second-order valence-electron chi connectivity index (χ2n) is 6.00. The standard InChI is InChI=1S/C21H21F3O5/c1-3-27-19(25)11-14-5-9-17(10-6-14)29-13-15-7-8-16(21(22,23)24)12-18(15)20(26)28-4-2/h5-10,12H,3-4,11,13H2,1-2H3. The van der Waals surface area contributed by atoms with Crippen molar-refractivity contribution in [2.24, 2.45) is 0 Å². The third-order valence-electron chi connectivity index (χ3n) is 3.90. The highest BCUT2D eigenvalue weighted by atomic mass is 19.4. The molecule has 0 N–H and O–H groups in total. The molecule has 0 amide bonds. The van der Waals surface area contributed by atoms with E-state index >= 15 is 0 Å². The van der Waals surface area contributed by atoms with Crippen LogP contribution in [0.25, 0.3) is 0 Å². The van der Waals surface area contributed by atoms with Gasteiger partial charge in [-0.3, -0.25) is 4.79 Å². The Labute approximate surface area is 166 Å². The smallest absolute Gasteiger partial charge is 0.416 e. The first kappa shape index (κ1) is 22.3. The highest BCUT2D eigenvalue weighted by Gasteiger charge is 2.32. The lowest BCUT2D eigenvalue weighted by atomic mass is 10.0. The van der Waals surface area contributed by atoms with Gasteiger partial charge < -0.3 is 14.2 Å². The molecule has 0 saturated heterocycles. The molecule has 0 fully saturated rings. The fourth-order valence-corrected chi connectivity index (χ4v) is 2.52. The van der Waals surface area contributed by atoms with Crippen LogP contribution in [-0.4, -0.2) is 25.2 Å². The van der Waals surface area contributed by atoms with E-state index in [1.807, 2.05) is 0 Å². The van der Waals surface area contributed by atoms with Gasteiger partial charge in [-0.15, -0.1) is 0 Å². The predicted molar refractivity (Wildman–Crippen MR) is 98.5 cm³/mol. The lowest BCUT2D eigenvalue weighted by Crippen LogP contribution is -2.13. The predicted octanol–water partition coefficient (Wildman–Crippen LogP) is 4.57. The molecule has 0 heterocycles. The van der Waals surface area contributed by atoms with Crippen molar-refractivity contribution in [3.8, 4) is 5.75 Å². The van der Waals surface area contributed by atoms with Crippen LogP contribution in [0.1, 0.15) is 40.9 Å². The van der Waals surface area contributed by atoms with E-state index in [2.05, 4.69) is 0 Å². The maximum atomic E-state index is 13.0. The van der Waals surface area contributed by atoms with Gasteiger partial charge in [0.1, 0.15) is 12.4 Å². The van der Waals surface area contributed by atoms with Gasteiger partial charge in [0.2, 0.25) is 0 Å². The van der Waals surface area contributed by atoms with Crippen molar-refractivity contribution in [1.82, 2.24) is 0 Å². The quantitative estimate of drug-likeness (QED) is 0.597. The summed E-state index contributed by atoms with van der Waals surface area (Å²) in [6, 6.07) is 9.48. The fourth-order valence-electron chi connectivity index (χ4n) is 2.52. The molecule has 0 aliphatic rings. The zero-order valence-electron chi connectivity index (χ0n) is 16.0. The molecule has 0 bridgehead atoms. The second kappa shape index (κ2) is 9.95. The molecule has 5 nitrogen and oxygen atoms in total. The van der Waals surface area contributed by atoms with Crippen LogP contribution in [0.4, 0.5) is 13.2 Å². The summed E-state index contributed by atoms with van der Waals surface area (Å²) < 4.78 is 54.2. The van der Waals surface area contributed by atoms with Gasteiger partial charge in [-0.05, 0) is 43.7 Å². The van der Waals surface area contributed by atoms with Crippen LogP contribution in [0.5, 0.6) is 5.75 Å². The SMILES string of the molecule is CCOC(=O)Cc1ccc(OCc2ccc(C(F)(F)F)cc2C(=O)OCC)cc1. The van der Waals surface area contributed by atoms with E-state index in [0.717, 1.165) is 17.7 Å². The van der Waals surface area contributed by atoms with Crippen molar-refractivity contribution < 1.29 is 37.0 Å². The van der Waals surface area contributed by atoms with Gasteiger partial charge in [0.05, 0.1) is 30.8 Å². The monoisotopic (exact) mass is 410 g/mol. The van der Waals surface area contributed by atoms with Crippen LogP contribution >= 0.6 is 0 Å². The number of carbonyl (C=O) groups excluding carboxylic acids is 2. The Morgan fingerprint density at radius 3 is 2.17 bits per heavy atom. The Kier molecular flexibility index (Phi) is 7.64. The van der Waals surface area contributed by atoms with E-state index in [-0.39, 0.29) is 36.7 Å². The Bertz CT molecular complexity index is 844. The maximum Gasteiger partial charge on any atom is 0.416 e. The molecular weight excluding hydrogens is 389 g/mol. The molecule has 156 valence electrons. The molecule has 0 spiro atoms. The van der Waals surface area contributed by atoms with E-state index < -0.39 is 17.7 Å². The van der Waals surface area contributed by atoms with Gasteiger partial charge in [0.25, 0.3) is 0 Å². The number of alkyl halides is 3. The van der Waals surface area contributed by atoms with Crippen LogP contribution < -0.4 is 4.74 Å². The van der Waals surface area contributed by atoms with Crippen LogP contribution in [0.3, 0.4) is 0 Å². The average molecular weight is 410 g/mol. The summed E-state index contributed by atoms with van der Waals surface area (Å²) in [6.45, 7) is 3.51. The molecule has 8 heteroatoms. The third kappa shape index (κ3) is 6.51. The van der Waals surface area contributed by atoms with E-state index in [1.54, 1.807) is 38.1 Å². The molecule has 0 aliphatic carbocycles. The fraction of sp³-hybridized carbons (Fsp3) is 0.333. The first-order valence-corrected chi connectivity index (χ1v) is 8.99. The van der Waals surface area contributed by atoms with Crippen LogP contribution in [0.2, 0.25) is 0 Å². The lowest BCUT2D eigenvalue weighted by Gasteiger charge is -2.14. The summed E-state index contributed by atoms with van der Waals surface area (Å²) in [5, 5.41) is 0. The number of halogens is 3. The minimum atomic E-state index is -4.57. The van der Waals surface area contributed by atoms with E-state index in [1.165, 1.54) is 6.07 Å². The van der Waals surface area contributed by atoms with Crippen molar-refractivity contribution >= 4 is 11.9 Å². The Hall–Kier alpha value is -3.03. The Morgan fingerprint density at radius 2 is 1.59 bits per heavy atom. The van der Waals surface area contributed by atoms with E-state index in [4.69, 9.17) is 14.2 Å². The summed E-state index contributed by atoms with van der Waals surface area (Å²) in [7, 11) is 0. The zero-order valence-corrected chi connectivity index (χ0v) is 16.0. The summed E-state index contributed by atoms with van der Waals surface area (Å²) in [6.07, 6.45) is -4.45. The van der Waals surface area contributed by atoms with Crippen LogP contribution in [-0.2, 0) is 33.5 Å². The largest absolute Gasteiger partial charge is 0.489 e. The van der Waals surface area contributed by atoms with Gasteiger partial charge in [-0.1, -0.05) is 18.2 Å². The van der Waals surface area contributed by atoms with E-state index in [0.29, 0.717) is 12.4 Å². The molecule has 29 heavy (non-hydrogen) atoms. The number of rotatable bonds is 8. The molecule has 2 rings (SSSR count). The number of hydrogen-bond acceptors (Lipinski definition) is 5. The molecule has 0 radical (unpaired) electrons. The minimum absolute atomic E-state index is 0.0390. The van der Waals surface area contributed by atoms with Gasteiger partial charge in [0, 0.05) is 5.56 Å². The van der Waals surface area contributed by atoms with Gasteiger partial charge >= 0.3 is 18.1 Å². The first-order chi connectivity index (χ1) is 13.7. The van der Waals surface area contributed by atoms with Gasteiger partial charge in [0.15, 0.2) is 0 Å². The van der Waals surface area contributed by atoms with Crippen molar-refractivity contribution in [2.75, 3.05) is 13.2 Å². The number of carbonyl (C=O) groups is 2. The second-order valence-corrected chi connectivity index (χ2v) is 6.00. The molecule has 0 atom stereocenters. The van der Waals surface area contributed by atoms with Crippen molar-refractivity contribution in [3.63, 3.8) is 0 Å².